The van der Waals surface area contributed by atoms with E-state index in [-0.39, 0.29) is 36.2 Å². The van der Waals surface area contributed by atoms with Crippen LogP contribution < -0.4 is 10.1 Å². The van der Waals surface area contributed by atoms with E-state index in [1.54, 1.807) is 18.2 Å². The third-order valence-corrected chi connectivity index (χ3v) is 8.31. The van der Waals surface area contributed by atoms with Crippen molar-refractivity contribution in [2.45, 2.75) is 96.6 Å². The molecule has 2 fully saturated rings. The number of carbonyl (C=O) groups excluding carboxylic acids is 2. The molecule has 0 spiro atoms. The summed E-state index contributed by atoms with van der Waals surface area (Å²) in [5, 5.41) is 12.6. The fourth-order valence-corrected chi connectivity index (χ4v) is 6.01. The molecule has 1 N–H and O–H groups in total. The van der Waals surface area contributed by atoms with E-state index in [4.69, 9.17) is 26.3 Å². The molecule has 9 heteroatoms. The number of nitrogens with zero attached hydrogens (tertiary/aromatic N) is 3. The van der Waals surface area contributed by atoms with Crippen molar-refractivity contribution >= 4 is 23.6 Å². The Morgan fingerprint density at radius 3 is 2.24 bits per heavy atom. The van der Waals surface area contributed by atoms with Crippen molar-refractivity contribution < 1.29 is 19.1 Å². The Kier molecular flexibility index (Phi) is 10.4. The summed E-state index contributed by atoms with van der Waals surface area (Å²) >= 11 is 6.12. The molecule has 0 bridgehead atoms. The Hall–Kier alpha value is -3.28. The fourth-order valence-electron chi connectivity index (χ4n) is 5.80. The van der Waals surface area contributed by atoms with Gasteiger partial charge >= 0.3 is 6.09 Å². The van der Waals surface area contributed by atoms with E-state index >= 15 is 0 Å². The van der Waals surface area contributed by atoms with Crippen molar-refractivity contribution in [3.63, 3.8) is 0 Å². The molecule has 4 rings (SSSR count). The average Bonchev–Trinajstić information content (AvgIpc) is 2.93. The summed E-state index contributed by atoms with van der Waals surface area (Å²) in [6.07, 6.45) is 4.05. The van der Waals surface area contributed by atoms with Gasteiger partial charge in [0, 0.05) is 49.4 Å². The Morgan fingerprint density at radius 1 is 1.02 bits per heavy atom. The van der Waals surface area contributed by atoms with Gasteiger partial charge in [-0.2, -0.15) is 5.26 Å². The molecular weight excluding hydrogens is 552 g/mol. The summed E-state index contributed by atoms with van der Waals surface area (Å²) < 4.78 is 11.6. The number of ether oxygens (including phenoxy) is 2. The lowest BCUT2D eigenvalue weighted by molar-refractivity contribution is -0.00721. The minimum absolute atomic E-state index is 0.0506. The summed E-state index contributed by atoms with van der Waals surface area (Å²) in [7, 11) is 0. The molecule has 1 aliphatic carbocycles. The van der Waals surface area contributed by atoms with E-state index in [0.29, 0.717) is 35.0 Å². The summed E-state index contributed by atoms with van der Waals surface area (Å²) in [5.74, 6) is 0.615. The van der Waals surface area contributed by atoms with Crippen molar-refractivity contribution in [1.29, 1.82) is 5.26 Å². The van der Waals surface area contributed by atoms with Crippen LogP contribution in [0.15, 0.2) is 42.5 Å². The maximum absolute atomic E-state index is 12.9. The van der Waals surface area contributed by atoms with E-state index in [1.807, 2.05) is 49.9 Å². The first-order valence-electron chi connectivity index (χ1n) is 14.9. The van der Waals surface area contributed by atoms with Gasteiger partial charge in [0.1, 0.15) is 17.4 Å². The van der Waals surface area contributed by atoms with Gasteiger partial charge in [-0.3, -0.25) is 9.69 Å². The lowest BCUT2D eigenvalue weighted by atomic mass is 9.92. The number of nitriles is 1. The van der Waals surface area contributed by atoms with Crippen molar-refractivity contribution in [2.75, 3.05) is 19.6 Å². The molecule has 1 heterocycles. The number of piperazine rings is 1. The highest BCUT2D eigenvalue weighted by molar-refractivity contribution is 6.31. The molecule has 2 aliphatic rings. The Morgan fingerprint density at radius 2 is 1.67 bits per heavy atom. The summed E-state index contributed by atoms with van der Waals surface area (Å²) in [6, 6.07) is 15.6. The van der Waals surface area contributed by atoms with Crippen LogP contribution in [0.25, 0.3) is 0 Å². The maximum Gasteiger partial charge on any atom is 0.410 e. The number of halogens is 1. The molecule has 42 heavy (non-hydrogen) atoms. The SMILES string of the molecule is C[C@@H]1CN(C(=O)OC(C)(C)C)C[C@@H](C)N1CCc1ccc(C(=O)NC2CCC(Oc3ccc(C#N)c(Cl)c3)CC2)cc1. The largest absolute Gasteiger partial charge is 0.490 e. The van der Waals surface area contributed by atoms with Gasteiger partial charge in [-0.25, -0.2) is 4.79 Å². The average molecular weight is 595 g/mol. The summed E-state index contributed by atoms with van der Waals surface area (Å²) in [6.45, 7) is 12.2. The van der Waals surface area contributed by atoms with Gasteiger partial charge in [0.2, 0.25) is 0 Å². The molecule has 8 nitrogen and oxygen atoms in total. The van der Waals surface area contributed by atoms with Gasteiger partial charge in [-0.15, -0.1) is 0 Å². The molecule has 0 radical (unpaired) electrons. The Balaban J connectivity index is 1.20. The van der Waals surface area contributed by atoms with E-state index < -0.39 is 5.60 Å². The van der Waals surface area contributed by atoms with Gasteiger partial charge in [0.05, 0.1) is 16.7 Å². The first-order chi connectivity index (χ1) is 19.9. The lowest BCUT2D eigenvalue weighted by Crippen LogP contribution is -2.58. The normalized spacial score (nSPS) is 23.1. The van der Waals surface area contributed by atoms with Crippen molar-refractivity contribution in [3.05, 3.63) is 64.2 Å². The maximum atomic E-state index is 12.9. The second kappa shape index (κ2) is 13.8. The second-order valence-electron chi connectivity index (χ2n) is 12.6. The quantitative estimate of drug-likeness (QED) is 0.410. The van der Waals surface area contributed by atoms with Gasteiger partial charge in [0.25, 0.3) is 5.91 Å². The standard InChI is InChI=1S/C33H43ClN4O4/c1-22-20-37(32(40)42-33(3,4)5)21-23(2)38(22)17-16-24-6-8-25(9-7-24)31(39)36-27-11-14-28(15-12-27)41-29-13-10-26(19-35)30(34)18-29/h6-10,13,18,22-23,27-28H,11-12,14-17,20-21H2,1-5H3,(H,36,39)/t22-,23-,27?,28?/m1/s1. The number of benzene rings is 2. The highest BCUT2D eigenvalue weighted by atomic mass is 35.5. The first-order valence-corrected chi connectivity index (χ1v) is 15.3. The van der Waals surface area contributed by atoms with E-state index in [0.717, 1.165) is 38.6 Å². The molecule has 1 aliphatic heterocycles. The van der Waals surface area contributed by atoms with Crippen LogP contribution in [0.2, 0.25) is 5.02 Å². The molecule has 1 saturated carbocycles. The van der Waals surface area contributed by atoms with Crippen LogP contribution in [0.1, 0.15) is 81.8 Å². The highest BCUT2D eigenvalue weighted by Gasteiger charge is 2.33. The lowest BCUT2D eigenvalue weighted by Gasteiger charge is -2.44. The summed E-state index contributed by atoms with van der Waals surface area (Å²) in [5.41, 5.74) is 1.78. The van der Waals surface area contributed by atoms with Crippen LogP contribution in [-0.2, 0) is 11.2 Å². The zero-order chi connectivity index (χ0) is 30.4. The van der Waals surface area contributed by atoms with Gasteiger partial charge in [-0.05, 0) is 96.6 Å². The van der Waals surface area contributed by atoms with Crippen LogP contribution in [0.3, 0.4) is 0 Å². The minimum Gasteiger partial charge on any atom is -0.490 e. The smallest absolute Gasteiger partial charge is 0.410 e. The van der Waals surface area contributed by atoms with E-state index in [9.17, 15) is 9.59 Å². The number of nitrogens with one attached hydrogen (secondary N) is 1. The molecular formula is C33H43ClN4O4. The van der Waals surface area contributed by atoms with Crippen molar-refractivity contribution in [2.24, 2.45) is 0 Å². The van der Waals surface area contributed by atoms with Gasteiger partial charge in [-0.1, -0.05) is 23.7 Å². The Labute approximate surface area is 254 Å². The third-order valence-electron chi connectivity index (χ3n) is 8.00. The third kappa shape index (κ3) is 8.62. The summed E-state index contributed by atoms with van der Waals surface area (Å²) in [4.78, 5) is 29.7. The number of hydrogen-bond acceptors (Lipinski definition) is 6. The van der Waals surface area contributed by atoms with E-state index in [1.165, 1.54) is 5.56 Å². The predicted molar refractivity (Wildman–Crippen MR) is 164 cm³/mol. The van der Waals surface area contributed by atoms with Crippen LogP contribution in [-0.4, -0.2) is 71.3 Å². The van der Waals surface area contributed by atoms with Crippen LogP contribution in [0, 0.1) is 11.3 Å². The minimum atomic E-state index is -0.498. The number of carbonyl (C=O) groups is 2. The number of rotatable bonds is 7. The molecule has 0 aromatic heterocycles. The molecule has 2 atom stereocenters. The van der Waals surface area contributed by atoms with Crippen LogP contribution in [0.4, 0.5) is 4.79 Å². The highest BCUT2D eigenvalue weighted by Crippen LogP contribution is 2.27. The first kappa shape index (κ1) is 31.7. The number of amides is 2. The molecule has 2 aromatic carbocycles. The van der Waals surface area contributed by atoms with Crippen LogP contribution in [0.5, 0.6) is 5.75 Å². The zero-order valence-electron chi connectivity index (χ0n) is 25.4. The molecule has 2 aromatic rings. The molecule has 1 saturated heterocycles. The monoisotopic (exact) mass is 594 g/mol. The predicted octanol–water partition coefficient (Wildman–Crippen LogP) is 6.20. The topological polar surface area (TPSA) is 94.9 Å². The van der Waals surface area contributed by atoms with Gasteiger partial charge < -0.3 is 19.7 Å². The Bertz CT molecular complexity index is 1270. The fraction of sp³-hybridized carbons (Fsp3) is 0.545. The van der Waals surface area contributed by atoms with Gasteiger partial charge in [0.15, 0.2) is 0 Å². The van der Waals surface area contributed by atoms with Crippen molar-refractivity contribution in [1.82, 2.24) is 15.1 Å². The molecule has 2 amide bonds. The van der Waals surface area contributed by atoms with E-state index in [2.05, 4.69) is 30.1 Å². The zero-order valence-corrected chi connectivity index (χ0v) is 26.1. The second-order valence-corrected chi connectivity index (χ2v) is 13.0. The van der Waals surface area contributed by atoms with Crippen LogP contribution >= 0.6 is 11.6 Å². The molecule has 226 valence electrons. The molecule has 0 unspecified atom stereocenters. The number of hydrogen-bond donors (Lipinski definition) is 1. The van der Waals surface area contributed by atoms with Crippen molar-refractivity contribution in [3.8, 4) is 11.8 Å².